The molecule has 19 heavy (non-hydrogen) atoms. The van der Waals surface area contributed by atoms with Crippen LogP contribution in [0.2, 0.25) is 0 Å². The van der Waals surface area contributed by atoms with Gasteiger partial charge in [-0.05, 0) is 43.3 Å². The Labute approximate surface area is 110 Å². The van der Waals surface area contributed by atoms with Crippen molar-refractivity contribution in [3.05, 3.63) is 59.9 Å². The number of aromatic nitrogens is 1. The number of aromatic hydroxyl groups is 1. The van der Waals surface area contributed by atoms with Gasteiger partial charge in [-0.1, -0.05) is 6.07 Å². The second kappa shape index (κ2) is 5.77. The van der Waals surface area contributed by atoms with Crippen molar-refractivity contribution in [2.45, 2.75) is 6.92 Å². The predicted molar refractivity (Wildman–Crippen MR) is 72.0 cm³/mol. The lowest BCUT2D eigenvalue weighted by molar-refractivity contribution is 0.0955. The number of phenols is 1. The Kier molecular flexibility index (Phi) is 3.87. The zero-order valence-electron chi connectivity index (χ0n) is 10.4. The van der Waals surface area contributed by atoms with Gasteiger partial charge in [-0.3, -0.25) is 9.78 Å². The number of carbonyl (C=O) groups excluding carboxylic acids is 1. The van der Waals surface area contributed by atoms with Gasteiger partial charge in [0.25, 0.3) is 5.91 Å². The second-order valence-electron chi connectivity index (χ2n) is 3.90. The van der Waals surface area contributed by atoms with Gasteiger partial charge in [-0.2, -0.15) is 5.10 Å². The molecule has 2 N–H and O–H groups in total. The van der Waals surface area contributed by atoms with E-state index in [0.717, 1.165) is 0 Å². The third kappa shape index (κ3) is 3.38. The zero-order valence-corrected chi connectivity index (χ0v) is 10.4. The summed E-state index contributed by atoms with van der Waals surface area (Å²) < 4.78 is 0. The topological polar surface area (TPSA) is 74.6 Å². The number of hydrogen-bond acceptors (Lipinski definition) is 4. The molecule has 1 aromatic carbocycles. The van der Waals surface area contributed by atoms with E-state index in [2.05, 4.69) is 15.5 Å². The van der Waals surface area contributed by atoms with Crippen LogP contribution in [-0.4, -0.2) is 21.7 Å². The first-order valence-electron chi connectivity index (χ1n) is 5.72. The quantitative estimate of drug-likeness (QED) is 0.650. The van der Waals surface area contributed by atoms with E-state index in [1.54, 1.807) is 13.1 Å². The molecule has 96 valence electrons. The molecule has 0 saturated carbocycles. The average Bonchev–Trinajstić information content (AvgIpc) is 2.46. The Hall–Kier alpha value is -2.69. The number of nitrogens with zero attached hydrogens (tertiary/aromatic N) is 2. The predicted octanol–water partition coefficient (Wildman–Crippen LogP) is 1.94. The highest BCUT2D eigenvalue weighted by Gasteiger charge is 2.04. The summed E-state index contributed by atoms with van der Waals surface area (Å²) in [6, 6.07) is 11.4. The van der Waals surface area contributed by atoms with Crippen molar-refractivity contribution in [1.29, 1.82) is 0 Å². The van der Waals surface area contributed by atoms with Crippen molar-refractivity contribution in [2.24, 2.45) is 5.10 Å². The summed E-state index contributed by atoms with van der Waals surface area (Å²) in [4.78, 5) is 15.9. The number of hydrazone groups is 1. The molecule has 0 aliphatic carbocycles. The van der Waals surface area contributed by atoms with E-state index in [0.29, 0.717) is 17.0 Å². The zero-order chi connectivity index (χ0) is 13.7. The first-order valence-corrected chi connectivity index (χ1v) is 5.72. The van der Waals surface area contributed by atoms with Crippen LogP contribution < -0.4 is 5.43 Å². The minimum absolute atomic E-state index is 0.115. The van der Waals surface area contributed by atoms with E-state index >= 15 is 0 Å². The molecule has 1 heterocycles. The molecule has 0 aliphatic rings. The van der Waals surface area contributed by atoms with Gasteiger partial charge in [0.15, 0.2) is 0 Å². The summed E-state index contributed by atoms with van der Waals surface area (Å²) in [5.74, 6) is -0.222. The molecular formula is C14H13N3O2. The van der Waals surface area contributed by atoms with Crippen LogP contribution in [0.4, 0.5) is 0 Å². The van der Waals surface area contributed by atoms with E-state index < -0.39 is 0 Å². The number of pyridine rings is 1. The molecule has 0 atom stereocenters. The molecule has 1 aromatic heterocycles. The maximum absolute atomic E-state index is 11.8. The van der Waals surface area contributed by atoms with Gasteiger partial charge in [0.05, 0.1) is 11.4 Å². The lowest BCUT2D eigenvalue weighted by atomic mass is 10.2. The third-order valence-electron chi connectivity index (χ3n) is 2.49. The number of amides is 1. The summed E-state index contributed by atoms with van der Waals surface area (Å²) in [5, 5.41) is 13.1. The molecule has 0 saturated heterocycles. The maximum Gasteiger partial charge on any atom is 0.271 e. The van der Waals surface area contributed by atoms with E-state index in [4.69, 9.17) is 5.11 Å². The molecule has 0 aliphatic heterocycles. The fraction of sp³-hybridized carbons (Fsp3) is 0.0714. The molecule has 2 rings (SSSR count). The molecular weight excluding hydrogens is 242 g/mol. The Morgan fingerprint density at radius 2 is 1.95 bits per heavy atom. The SMILES string of the molecule is C/C(=N/NC(=O)c1ccc(O)cc1)c1ccccn1. The van der Waals surface area contributed by atoms with E-state index in [1.165, 1.54) is 24.3 Å². The van der Waals surface area contributed by atoms with Crippen LogP contribution in [0, 0.1) is 0 Å². The fourth-order valence-corrected chi connectivity index (χ4v) is 1.45. The molecule has 0 radical (unpaired) electrons. The standard InChI is InChI=1S/C14H13N3O2/c1-10(13-4-2-3-9-15-13)16-17-14(19)11-5-7-12(18)8-6-11/h2-9,18H,1H3,(H,17,19)/b16-10-. The van der Waals surface area contributed by atoms with Crippen LogP contribution in [0.5, 0.6) is 5.75 Å². The molecule has 0 fully saturated rings. The summed E-state index contributed by atoms with van der Waals surface area (Å²) in [6.07, 6.45) is 1.66. The van der Waals surface area contributed by atoms with E-state index in [-0.39, 0.29) is 11.7 Å². The van der Waals surface area contributed by atoms with Crippen molar-refractivity contribution >= 4 is 11.6 Å². The summed E-state index contributed by atoms with van der Waals surface area (Å²) in [6.45, 7) is 1.76. The number of carbonyl (C=O) groups is 1. The lowest BCUT2D eigenvalue weighted by Gasteiger charge is -2.02. The highest BCUT2D eigenvalue weighted by atomic mass is 16.3. The fourth-order valence-electron chi connectivity index (χ4n) is 1.45. The summed E-state index contributed by atoms with van der Waals surface area (Å²) in [7, 11) is 0. The average molecular weight is 255 g/mol. The molecule has 0 spiro atoms. The van der Waals surface area contributed by atoms with Crippen molar-refractivity contribution in [3.63, 3.8) is 0 Å². The van der Waals surface area contributed by atoms with E-state index in [1.807, 2.05) is 18.2 Å². The Balaban J connectivity index is 2.06. The summed E-state index contributed by atoms with van der Waals surface area (Å²) >= 11 is 0. The van der Waals surface area contributed by atoms with Crippen LogP contribution in [-0.2, 0) is 0 Å². The number of benzene rings is 1. The van der Waals surface area contributed by atoms with Gasteiger partial charge in [-0.15, -0.1) is 0 Å². The van der Waals surface area contributed by atoms with Crippen LogP contribution in [0.3, 0.4) is 0 Å². The Morgan fingerprint density at radius 3 is 2.58 bits per heavy atom. The van der Waals surface area contributed by atoms with Gasteiger partial charge >= 0.3 is 0 Å². The van der Waals surface area contributed by atoms with Crippen LogP contribution in [0.15, 0.2) is 53.8 Å². The number of rotatable bonds is 3. The Bertz CT molecular complexity index is 592. The highest BCUT2D eigenvalue weighted by Crippen LogP contribution is 2.09. The molecule has 1 amide bonds. The second-order valence-corrected chi connectivity index (χ2v) is 3.90. The monoisotopic (exact) mass is 255 g/mol. The van der Waals surface area contributed by atoms with Gasteiger partial charge < -0.3 is 5.11 Å². The van der Waals surface area contributed by atoms with Crippen molar-refractivity contribution < 1.29 is 9.90 Å². The van der Waals surface area contributed by atoms with Gasteiger partial charge in [0, 0.05) is 11.8 Å². The minimum Gasteiger partial charge on any atom is -0.508 e. The van der Waals surface area contributed by atoms with E-state index in [9.17, 15) is 4.79 Å². The summed E-state index contributed by atoms with van der Waals surface area (Å²) in [5.41, 5.74) is 4.19. The molecule has 0 unspecified atom stereocenters. The maximum atomic E-state index is 11.8. The molecule has 5 nitrogen and oxygen atoms in total. The Morgan fingerprint density at radius 1 is 1.21 bits per heavy atom. The third-order valence-corrected chi connectivity index (χ3v) is 2.49. The number of hydrogen-bond donors (Lipinski definition) is 2. The molecule has 2 aromatic rings. The van der Waals surface area contributed by atoms with Gasteiger partial charge in [-0.25, -0.2) is 5.43 Å². The highest BCUT2D eigenvalue weighted by molar-refractivity contribution is 5.99. The normalized spacial score (nSPS) is 11.1. The van der Waals surface area contributed by atoms with Crippen molar-refractivity contribution in [3.8, 4) is 5.75 Å². The molecule has 5 heteroatoms. The number of phenolic OH excluding ortho intramolecular Hbond substituents is 1. The first kappa shape index (κ1) is 12.8. The first-order chi connectivity index (χ1) is 9.16. The van der Waals surface area contributed by atoms with Crippen molar-refractivity contribution in [2.75, 3.05) is 0 Å². The smallest absolute Gasteiger partial charge is 0.271 e. The lowest BCUT2D eigenvalue weighted by Crippen LogP contribution is -2.19. The molecule has 0 bridgehead atoms. The van der Waals surface area contributed by atoms with Crippen LogP contribution in [0.25, 0.3) is 0 Å². The van der Waals surface area contributed by atoms with Crippen LogP contribution in [0.1, 0.15) is 23.0 Å². The van der Waals surface area contributed by atoms with Gasteiger partial charge in [0.2, 0.25) is 0 Å². The van der Waals surface area contributed by atoms with Gasteiger partial charge in [0.1, 0.15) is 5.75 Å². The largest absolute Gasteiger partial charge is 0.508 e. The minimum atomic E-state index is -0.338. The van der Waals surface area contributed by atoms with Crippen molar-refractivity contribution in [1.82, 2.24) is 10.4 Å². The number of nitrogens with one attached hydrogen (secondary N) is 1. The van der Waals surface area contributed by atoms with Crippen LogP contribution >= 0.6 is 0 Å².